The number of rotatable bonds is 4. The third-order valence-electron chi connectivity index (χ3n) is 5.10. The van der Waals surface area contributed by atoms with E-state index in [4.69, 9.17) is 4.98 Å². The molecule has 0 saturated heterocycles. The molecule has 9 heteroatoms. The molecule has 156 valence electrons. The molecule has 0 spiro atoms. The fourth-order valence-corrected chi connectivity index (χ4v) is 6.67. The monoisotopic (exact) mass is 472 g/mol. The average molecular weight is 473 g/mol. The normalized spacial score (nSPS) is 11.6. The lowest BCUT2D eigenvalue weighted by atomic mass is 10.1. The largest absolute Gasteiger partial charge is 0.269 e. The van der Waals surface area contributed by atoms with Crippen LogP contribution in [0.15, 0.2) is 70.4 Å². The van der Waals surface area contributed by atoms with Crippen molar-refractivity contribution in [3.05, 3.63) is 71.5 Å². The van der Waals surface area contributed by atoms with Gasteiger partial charge in [0, 0.05) is 16.8 Å². The van der Waals surface area contributed by atoms with Crippen molar-refractivity contribution in [2.24, 2.45) is 0 Å². The lowest BCUT2D eigenvalue weighted by Crippen LogP contribution is -1.98. The SMILES string of the molecule is Cc1cc(C)c2c(n1)sc1c(Sc3nnc(-c4cccs4)n3-c3ccccc3)ncnc12. The molecule has 5 heterocycles. The molecule has 0 N–H and O–H groups in total. The van der Waals surface area contributed by atoms with Gasteiger partial charge >= 0.3 is 0 Å². The van der Waals surface area contributed by atoms with Crippen LogP contribution < -0.4 is 0 Å². The summed E-state index contributed by atoms with van der Waals surface area (Å²) >= 11 is 4.79. The second-order valence-electron chi connectivity index (χ2n) is 7.28. The standard InChI is InChI=1S/C23H16N6S3/c1-13-11-14(2)26-21-17(13)18-19(31-21)22(25-12-24-18)32-23-28-27-20(16-9-6-10-30-16)29(23)15-7-4-3-5-8-15/h3-12H,1-2H3. The smallest absolute Gasteiger partial charge is 0.202 e. The molecule has 0 amide bonds. The van der Waals surface area contributed by atoms with Crippen LogP contribution in [-0.4, -0.2) is 29.7 Å². The minimum atomic E-state index is 0.762. The van der Waals surface area contributed by atoms with Gasteiger partial charge in [-0.3, -0.25) is 4.57 Å². The van der Waals surface area contributed by atoms with Crippen LogP contribution >= 0.6 is 34.4 Å². The third-order valence-corrected chi connectivity index (χ3v) is 8.12. The maximum Gasteiger partial charge on any atom is 0.202 e. The van der Waals surface area contributed by atoms with Crippen LogP contribution in [0, 0.1) is 13.8 Å². The Balaban J connectivity index is 1.53. The van der Waals surface area contributed by atoms with Crippen molar-refractivity contribution in [2.45, 2.75) is 24.0 Å². The van der Waals surface area contributed by atoms with Crippen molar-refractivity contribution in [1.82, 2.24) is 29.7 Å². The summed E-state index contributed by atoms with van der Waals surface area (Å²) in [4.78, 5) is 16.0. The minimum Gasteiger partial charge on any atom is -0.269 e. The number of hydrogen-bond donors (Lipinski definition) is 0. The maximum atomic E-state index is 4.73. The topological polar surface area (TPSA) is 69.4 Å². The second kappa shape index (κ2) is 7.77. The van der Waals surface area contributed by atoms with Gasteiger partial charge in [0.1, 0.15) is 16.2 Å². The van der Waals surface area contributed by atoms with E-state index in [9.17, 15) is 0 Å². The Bertz CT molecular complexity index is 1570. The van der Waals surface area contributed by atoms with Crippen LogP contribution in [0.1, 0.15) is 11.3 Å². The van der Waals surface area contributed by atoms with Gasteiger partial charge in [0.25, 0.3) is 0 Å². The van der Waals surface area contributed by atoms with E-state index >= 15 is 0 Å². The first kappa shape index (κ1) is 19.5. The molecule has 0 radical (unpaired) electrons. The second-order valence-corrected chi connectivity index (χ2v) is 10.2. The van der Waals surface area contributed by atoms with Crippen molar-refractivity contribution in [3.8, 4) is 16.4 Å². The van der Waals surface area contributed by atoms with E-state index in [2.05, 4.69) is 61.3 Å². The van der Waals surface area contributed by atoms with Crippen molar-refractivity contribution in [3.63, 3.8) is 0 Å². The fourth-order valence-electron chi connectivity index (χ4n) is 3.76. The molecule has 1 aromatic carbocycles. The van der Waals surface area contributed by atoms with Crippen LogP contribution in [-0.2, 0) is 0 Å². The zero-order valence-electron chi connectivity index (χ0n) is 17.2. The maximum absolute atomic E-state index is 4.73. The molecule has 0 aliphatic rings. The number of nitrogens with zero attached hydrogens (tertiary/aromatic N) is 6. The molecule has 0 aliphatic carbocycles. The Morgan fingerprint density at radius 2 is 1.84 bits per heavy atom. The average Bonchev–Trinajstić information content (AvgIpc) is 3.52. The van der Waals surface area contributed by atoms with Crippen LogP contribution in [0.2, 0.25) is 0 Å². The van der Waals surface area contributed by atoms with E-state index in [0.29, 0.717) is 0 Å². The lowest BCUT2D eigenvalue weighted by molar-refractivity contribution is 0.884. The summed E-state index contributed by atoms with van der Waals surface area (Å²) in [5.41, 5.74) is 4.14. The summed E-state index contributed by atoms with van der Waals surface area (Å²) in [6.45, 7) is 4.13. The predicted molar refractivity (Wildman–Crippen MR) is 131 cm³/mol. The Morgan fingerprint density at radius 3 is 2.66 bits per heavy atom. The Labute approximate surface area is 196 Å². The summed E-state index contributed by atoms with van der Waals surface area (Å²) < 4.78 is 3.11. The molecule has 6 aromatic rings. The van der Waals surface area contributed by atoms with Gasteiger partial charge in [-0.2, -0.15) is 0 Å². The van der Waals surface area contributed by atoms with Gasteiger partial charge in [0.15, 0.2) is 5.82 Å². The number of benzene rings is 1. The van der Waals surface area contributed by atoms with Gasteiger partial charge in [-0.25, -0.2) is 15.0 Å². The predicted octanol–water partition coefficient (Wildman–Crippen LogP) is 6.32. The van der Waals surface area contributed by atoms with Gasteiger partial charge in [-0.15, -0.1) is 32.9 Å². The molecular weight excluding hydrogens is 456 g/mol. The Kier molecular flexibility index (Phi) is 4.74. The summed E-state index contributed by atoms with van der Waals surface area (Å²) in [5, 5.41) is 13.8. The van der Waals surface area contributed by atoms with Gasteiger partial charge < -0.3 is 0 Å². The molecule has 6 nitrogen and oxygen atoms in total. The molecule has 5 aromatic heterocycles. The van der Waals surface area contributed by atoms with E-state index in [1.54, 1.807) is 29.0 Å². The molecule has 32 heavy (non-hydrogen) atoms. The van der Waals surface area contributed by atoms with E-state index in [0.717, 1.165) is 52.7 Å². The summed E-state index contributed by atoms with van der Waals surface area (Å²) in [7, 11) is 0. The fraction of sp³-hybridized carbons (Fsp3) is 0.0870. The number of hydrogen-bond acceptors (Lipinski definition) is 8. The van der Waals surface area contributed by atoms with Crippen LogP contribution in [0.3, 0.4) is 0 Å². The van der Waals surface area contributed by atoms with E-state index in [1.165, 1.54) is 17.3 Å². The molecule has 6 rings (SSSR count). The molecule has 0 aliphatic heterocycles. The van der Waals surface area contributed by atoms with Crippen LogP contribution in [0.25, 0.3) is 36.8 Å². The third kappa shape index (κ3) is 3.21. The number of fused-ring (bicyclic) bond motifs is 3. The van der Waals surface area contributed by atoms with E-state index < -0.39 is 0 Å². The van der Waals surface area contributed by atoms with Crippen LogP contribution in [0.5, 0.6) is 0 Å². The van der Waals surface area contributed by atoms with Crippen molar-refractivity contribution >= 4 is 54.9 Å². The molecule has 0 atom stereocenters. The first-order chi connectivity index (χ1) is 15.7. The number of aromatic nitrogens is 6. The van der Waals surface area contributed by atoms with Crippen molar-refractivity contribution < 1.29 is 0 Å². The van der Waals surface area contributed by atoms with Crippen molar-refractivity contribution in [2.75, 3.05) is 0 Å². The highest BCUT2D eigenvalue weighted by atomic mass is 32.2. The highest BCUT2D eigenvalue weighted by Gasteiger charge is 2.21. The molecule has 0 unspecified atom stereocenters. The number of pyridine rings is 1. The Hall–Kier alpha value is -3.14. The number of para-hydroxylation sites is 1. The van der Waals surface area contributed by atoms with Gasteiger partial charge in [0.05, 0.1) is 15.1 Å². The van der Waals surface area contributed by atoms with E-state index in [-0.39, 0.29) is 0 Å². The first-order valence-electron chi connectivity index (χ1n) is 9.93. The number of thiophene rings is 2. The molecular formula is C23H16N6S3. The Morgan fingerprint density at radius 1 is 0.969 bits per heavy atom. The highest BCUT2D eigenvalue weighted by Crippen LogP contribution is 2.41. The highest BCUT2D eigenvalue weighted by molar-refractivity contribution is 7.99. The quantitative estimate of drug-likeness (QED) is 0.280. The molecule has 0 saturated carbocycles. The van der Waals surface area contributed by atoms with E-state index in [1.807, 2.05) is 31.2 Å². The van der Waals surface area contributed by atoms with Crippen LogP contribution in [0.4, 0.5) is 0 Å². The number of aryl methyl sites for hydroxylation is 2. The van der Waals surface area contributed by atoms with Gasteiger partial charge in [-0.05, 0) is 60.8 Å². The zero-order chi connectivity index (χ0) is 21.7. The van der Waals surface area contributed by atoms with Crippen molar-refractivity contribution in [1.29, 1.82) is 0 Å². The minimum absolute atomic E-state index is 0.762. The first-order valence-corrected chi connectivity index (χ1v) is 12.4. The zero-order valence-corrected chi connectivity index (χ0v) is 19.6. The summed E-state index contributed by atoms with van der Waals surface area (Å²) in [6, 6.07) is 16.4. The summed E-state index contributed by atoms with van der Waals surface area (Å²) in [5.74, 6) is 0.823. The lowest BCUT2D eigenvalue weighted by Gasteiger charge is -2.09. The van der Waals surface area contributed by atoms with Gasteiger partial charge in [0.2, 0.25) is 5.16 Å². The molecule has 0 bridgehead atoms. The summed E-state index contributed by atoms with van der Waals surface area (Å²) in [6.07, 6.45) is 1.62. The van der Waals surface area contributed by atoms with Gasteiger partial charge in [-0.1, -0.05) is 24.3 Å². The molecule has 0 fully saturated rings.